The third kappa shape index (κ3) is 3.57. The lowest BCUT2D eigenvalue weighted by molar-refractivity contribution is 0.319. The van der Waals surface area contributed by atoms with Crippen LogP contribution in [-0.4, -0.2) is 12.4 Å². The Balaban J connectivity index is 2.76. The van der Waals surface area contributed by atoms with Crippen LogP contribution in [0.5, 0.6) is 5.75 Å². The molecule has 1 aromatic carbocycles. The van der Waals surface area contributed by atoms with E-state index in [0.29, 0.717) is 13.0 Å². The Morgan fingerprint density at radius 2 is 1.94 bits per heavy atom. The average molecular weight is 220 g/mol. The number of nitrogens with two attached hydrogens (primary N) is 1. The molecule has 0 unspecified atom stereocenters. The standard InChI is InChI=1S/C13H20N2O/c1-13(2,3)10-6-4-5-7-11(10)16-9-8-12(14)15/h4-7H,8-9H2,1-3H3,(H3,14,15). The molecule has 0 fully saturated rings. The molecular weight excluding hydrogens is 200 g/mol. The summed E-state index contributed by atoms with van der Waals surface area (Å²) in [6.45, 7) is 6.92. The van der Waals surface area contributed by atoms with Crippen LogP contribution in [0.1, 0.15) is 32.8 Å². The van der Waals surface area contributed by atoms with Gasteiger partial charge in [-0.1, -0.05) is 39.0 Å². The average Bonchev–Trinajstić information content (AvgIpc) is 2.16. The molecular formula is C13H20N2O. The third-order valence-corrected chi connectivity index (χ3v) is 2.32. The number of rotatable bonds is 4. The van der Waals surface area contributed by atoms with Crippen molar-refractivity contribution in [1.82, 2.24) is 0 Å². The molecule has 0 spiro atoms. The van der Waals surface area contributed by atoms with E-state index in [4.69, 9.17) is 15.9 Å². The van der Waals surface area contributed by atoms with E-state index in [-0.39, 0.29) is 11.3 Å². The van der Waals surface area contributed by atoms with Gasteiger partial charge in [0.2, 0.25) is 0 Å². The zero-order valence-corrected chi connectivity index (χ0v) is 10.2. The number of amidine groups is 1. The van der Waals surface area contributed by atoms with E-state index >= 15 is 0 Å². The molecule has 88 valence electrons. The summed E-state index contributed by atoms with van der Waals surface area (Å²) < 4.78 is 5.65. The van der Waals surface area contributed by atoms with Crippen molar-refractivity contribution in [3.8, 4) is 5.75 Å². The van der Waals surface area contributed by atoms with Crippen molar-refractivity contribution in [3.63, 3.8) is 0 Å². The van der Waals surface area contributed by atoms with Gasteiger partial charge in [0, 0.05) is 6.42 Å². The smallest absolute Gasteiger partial charge is 0.123 e. The number of ether oxygens (including phenoxy) is 1. The molecule has 0 amide bonds. The van der Waals surface area contributed by atoms with E-state index in [9.17, 15) is 0 Å². The third-order valence-electron chi connectivity index (χ3n) is 2.32. The predicted molar refractivity (Wildman–Crippen MR) is 67.2 cm³/mol. The van der Waals surface area contributed by atoms with E-state index in [0.717, 1.165) is 5.75 Å². The number of nitrogens with one attached hydrogen (secondary N) is 1. The van der Waals surface area contributed by atoms with Gasteiger partial charge in [0.15, 0.2) is 0 Å². The number of hydrogen-bond donors (Lipinski definition) is 2. The van der Waals surface area contributed by atoms with Crippen molar-refractivity contribution >= 4 is 5.84 Å². The minimum atomic E-state index is 0.0623. The number of para-hydroxylation sites is 1. The van der Waals surface area contributed by atoms with Gasteiger partial charge < -0.3 is 10.5 Å². The number of hydrogen-bond acceptors (Lipinski definition) is 2. The maximum absolute atomic E-state index is 7.13. The van der Waals surface area contributed by atoms with Crippen LogP contribution >= 0.6 is 0 Å². The highest BCUT2D eigenvalue weighted by Crippen LogP contribution is 2.30. The number of benzene rings is 1. The van der Waals surface area contributed by atoms with E-state index in [1.807, 2.05) is 18.2 Å². The van der Waals surface area contributed by atoms with Gasteiger partial charge in [0.25, 0.3) is 0 Å². The molecule has 0 aromatic heterocycles. The first-order valence-electron chi connectivity index (χ1n) is 5.46. The monoisotopic (exact) mass is 220 g/mol. The quantitative estimate of drug-likeness (QED) is 0.605. The Bertz CT molecular complexity index is 366. The Hall–Kier alpha value is -1.51. The van der Waals surface area contributed by atoms with Crippen molar-refractivity contribution in [2.75, 3.05) is 6.61 Å². The molecule has 0 aliphatic heterocycles. The lowest BCUT2D eigenvalue weighted by Gasteiger charge is -2.22. The lowest BCUT2D eigenvalue weighted by atomic mass is 9.86. The molecule has 0 radical (unpaired) electrons. The van der Waals surface area contributed by atoms with Crippen molar-refractivity contribution in [2.45, 2.75) is 32.6 Å². The Morgan fingerprint density at radius 1 is 1.31 bits per heavy atom. The first-order valence-corrected chi connectivity index (χ1v) is 5.46. The normalized spacial score (nSPS) is 11.2. The maximum atomic E-state index is 7.13. The SMILES string of the molecule is CC(C)(C)c1ccccc1OCCC(=N)N. The molecule has 16 heavy (non-hydrogen) atoms. The predicted octanol–water partition coefficient (Wildman–Crippen LogP) is 2.69. The van der Waals surface area contributed by atoms with Crippen molar-refractivity contribution < 1.29 is 4.74 Å². The van der Waals surface area contributed by atoms with Gasteiger partial charge in [-0.3, -0.25) is 5.41 Å². The van der Waals surface area contributed by atoms with Crippen LogP contribution in [0.2, 0.25) is 0 Å². The topological polar surface area (TPSA) is 59.1 Å². The Kier molecular flexibility index (Phi) is 3.93. The molecule has 0 aliphatic carbocycles. The second-order valence-corrected chi connectivity index (χ2v) is 4.87. The zero-order valence-electron chi connectivity index (χ0n) is 10.2. The van der Waals surface area contributed by atoms with Crippen molar-refractivity contribution in [3.05, 3.63) is 29.8 Å². The van der Waals surface area contributed by atoms with Gasteiger partial charge in [-0.2, -0.15) is 0 Å². The Morgan fingerprint density at radius 3 is 2.50 bits per heavy atom. The second kappa shape index (κ2) is 5.01. The minimum Gasteiger partial charge on any atom is -0.493 e. The van der Waals surface area contributed by atoms with Crippen LogP contribution in [-0.2, 0) is 5.41 Å². The summed E-state index contributed by atoms with van der Waals surface area (Å²) in [6.07, 6.45) is 0.471. The minimum absolute atomic E-state index is 0.0623. The highest BCUT2D eigenvalue weighted by Gasteiger charge is 2.18. The zero-order chi connectivity index (χ0) is 12.2. The van der Waals surface area contributed by atoms with E-state index < -0.39 is 0 Å². The molecule has 0 atom stereocenters. The summed E-state index contributed by atoms with van der Waals surface area (Å²) in [6, 6.07) is 8.00. The van der Waals surface area contributed by atoms with Gasteiger partial charge >= 0.3 is 0 Å². The summed E-state index contributed by atoms with van der Waals surface area (Å²) in [5.74, 6) is 1.05. The molecule has 3 heteroatoms. The van der Waals surface area contributed by atoms with Crippen LogP contribution in [0.15, 0.2) is 24.3 Å². The molecule has 0 aliphatic rings. The largest absolute Gasteiger partial charge is 0.493 e. The van der Waals surface area contributed by atoms with Crippen molar-refractivity contribution in [1.29, 1.82) is 5.41 Å². The fraction of sp³-hybridized carbons (Fsp3) is 0.462. The highest BCUT2D eigenvalue weighted by molar-refractivity contribution is 5.76. The summed E-state index contributed by atoms with van der Waals surface area (Å²) in [7, 11) is 0. The summed E-state index contributed by atoms with van der Waals surface area (Å²) in [5, 5.41) is 7.13. The van der Waals surface area contributed by atoms with Crippen LogP contribution in [0.3, 0.4) is 0 Å². The molecule has 0 saturated carbocycles. The van der Waals surface area contributed by atoms with Crippen LogP contribution < -0.4 is 10.5 Å². The van der Waals surface area contributed by atoms with E-state index in [2.05, 4.69) is 26.8 Å². The fourth-order valence-electron chi connectivity index (χ4n) is 1.48. The van der Waals surface area contributed by atoms with Crippen LogP contribution in [0.4, 0.5) is 0 Å². The Labute approximate surface area is 97.1 Å². The van der Waals surface area contributed by atoms with E-state index in [1.165, 1.54) is 5.56 Å². The van der Waals surface area contributed by atoms with Crippen molar-refractivity contribution in [2.24, 2.45) is 5.73 Å². The summed E-state index contributed by atoms with van der Waals surface area (Å²) in [4.78, 5) is 0. The van der Waals surface area contributed by atoms with E-state index in [1.54, 1.807) is 0 Å². The first kappa shape index (κ1) is 12.6. The molecule has 0 bridgehead atoms. The molecule has 0 heterocycles. The lowest BCUT2D eigenvalue weighted by Crippen LogP contribution is -2.16. The second-order valence-electron chi connectivity index (χ2n) is 4.87. The van der Waals surface area contributed by atoms with Crippen LogP contribution in [0, 0.1) is 5.41 Å². The van der Waals surface area contributed by atoms with Crippen LogP contribution in [0.25, 0.3) is 0 Å². The molecule has 1 aromatic rings. The van der Waals surface area contributed by atoms with Gasteiger partial charge in [-0.25, -0.2) is 0 Å². The molecule has 3 N–H and O–H groups in total. The van der Waals surface area contributed by atoms with Gasteiger partial charge in [-0.15, -0.1) is 0 Å². The summed E-state index contributed by atoms with van der Waals surface area (Å²) >= 11 is 0. The molecule has 1 rings (SSSR count). The first-order chi connectivity index (χ1) is 7.41. The van der Waals surface area contributed by atoms with Gasteiger partial charge in [-0.05, 0) is 17.0 Å². The highest BCUT2D eigenvalue weighted by atomic mass is 16.5. The molecule has 3 nitrogen and oxygen atoms in total. The van der Waals surface area contributed by atoms with Gasteiger partial charge in [0.05, 0.1) is 12.4 Å². The molecule has 0 saturated heterocycles. The fourth-order valence-corrected chi connectivity index (χ4v) is 1.48. The maximum Gasteiger partial charge on any atom is 0.123 e. The summed E-state index contributed by atoms with van der Waals surface area (Å²) in [5.41, 5.74) is 6.53. The van der Waals surface area contributed by atoms with Gasteiger partial charge in [0.1, 0.15) is 5.75 Å².